The van der Waals surface area contributed by atoms with Crippen molar-refractivity contribution in [2.75, 3.05) is 6.26 Å². The highest BCUT2D eigenvalue weighted by Crippen LogP contribution is 2.37. The summed E-state index contributed by atoms with van der Waals surface area (Å²) >= 11 is 8.94. The monoisotopic (exact) mass is 1760 g/mol. The van der Waals surface area contributed by atoms with E-state index in [1.807, 2.05) is 72.7 Å². The fourth-order valence-electron chi connectivity index (χ4n) is 10.9. The van der Waals surface area contributed by atoms with Crippen molar-refractivity contribution in [2.45, 2.75) is 94.2 Å². The van der Waals surface area contributed by atoms with E-state index in [0.29, 0.717) is 53.0 Å². The van der Waals surface area contributed by atoms with Gasteiger partial charge in [-0.3, -0.25) is 23.7 Å². The molecule has 111 heavy (non-hydrogen) atoms. The van der Waals surface area contributed by atoms with Crippen LogP contribution in [0.25, 0.3) is 66.0 Å². The van der Waals surface area contributed by atoms with E-state index < -0.39 is 73.3 Å². The summed E-state index contributed by atoms with van der Waals surface area (Å²) in [7, 11) is 4.69. The van der Waals surface area contributed by atoms with Gasteiger partial charge >= 0.3 is 7.12 Å². The molecule has 1 aliphatic rings. The number of hydrogen-bond donors (Lipinski definition) is 2. The number of nitrogens with one attached hydrogen (secondary N) is 1. The zero-order valence-electron chi connectivity index (χ0n) is 58.6. The maximum absolute atomic E-state index is 15.0. The number of para-hydroxylation sites is 6. The van der Waals surface area contributed by atoms with E-state index in [2.05, 4.69) is 116 Å². The van der Waals surface area contributed by atoms with E-state index in [-0.39, 0.29) is 81.5 Å². The maximum Gasteiger partial charge on any atom is 0.495 e. The molecule has 0 radical (unpaired) electrons. The molecule has 9 aromatic carbocycles. The van der Waals surface area contributed by atoms with Gasteiger partial charge in [0.1, 0.15) is 46.5 Å². The molecule has 2 N–H and O–H groups in total. The number of aromatic nitrogens is 10. The average molecular weight is 1760 g/mol. The summed E-state index contributed by atoms with van der Waals surface area (Å²) in [5, 5.41) is 19.2. The first-order valence-electron chi connectivity index (χ1n) is 32.5. The number of aliphatic hydroxyl groups excluding tert-OH is 1. The highest BCUT2D eigenvalue weighted by molar-refractivity contribution is 9.11. The molecule has 0 aliphatic carbocycles. The fraction of sp³-hybridized carbons (Fsp3) is 0.215. The quantitative estimate of drug-likeness (QED) is 0.0821. The summed E-state index contributed by atoms with van der Waals surface area (Å²) < 4.78 is 147. The lowest BCUT2D eigenvalue weighted by Gasteiger charge is -2.32. The smallest absolute Gasteiger partial charge is 0.399 e. The van der Waals surface area contributed by atoms with Crippen LogP contribution in [0.2, 0.25) is 0 Å². The molecule has 1 fully saturated rings. The third-order valence-corrected chi connectivity index (χ3v) is 18.1. The number of fused-ring (bicyclic) bond motifs is 5. The highest BCUT2D eigenvalue weighted by Gasteiger charge is 2.52. The van der Waals surface area contributed by atoms with Gasteiger partial charge in [0, 0.05) is 83.6 Å². The number of nitrogens with zero attached hydrogens (tertiary/aromatic N) is 9. The number of H-pyrrole nitrogens is 1. The van der Waals surface area contributed by atoms with E-state index in [9.17, 15) is 49.1 Å². The number of aliphatic hydroxyl groups is 1. The van der Waals surface area contributed by atoms with Crippen molar-refractivity contribution < 1.29 is 58.0 Å². The topological polar surface area (TPSA) is 224 Å². The Morgan fingerprint density at radius 2 is 0.865 bits per heavy atom. The predicted molar refractivity (Wildman–Crippen MR) is 433 cm³/mol. The van der Waals surface area contributed by atoms with Crippen LogP contribution in [0.15, 0.2) is 217 Å². The van der Waals surface area contributed by atoms with Crippen LogP contribution < -0.4 is 22.1 Å². The molecule has 14 aromatic rings. The average Bonchev–Trinajstić information content (AvgIpc) is 1.70. The first kappa shape index (κ1) is 90.3. The molecule has 1 saturated heterocycles. The Morgan fingerprint density at radius 3 is 1.31 bits per heavy atom. The third-order valence-electron chi connectivity index (χ3n) is 16.8. The number of benzene rings is 9. The van der Waals surface area contributed by atoms with Crippen LogP contribution in [-0.2, 0) is 58.6 Å². The Balaban J connectivity index is 0.000000212. The standard InChI is InChI=1S/C23H16F2N4O.C15H9BrF2N2O.C14H19BN2O2.C8H7BrF2.C8H6N2O.C7H5BrF2O.CH3ClO2S.3CH4/c1-28-12-16-15(5-4-7-20(16)27-28)14-9-18(24)17(19(25)10-14)13-29-22-8-3-2-6-21(22)26-11-23(29)30;16-9-5-11(17)10(12(18)6-9)8-20-14-4-2-1-3-13(14)19-7-15(20)21;1-13(2)14(3,4)19-15(18-13)11-7-6-8-12-10(11)9-17(5)16-12;1-2-6-7(10)3-5(9)4-8(6)11;11-8-5-9-6-3-1-2-4-7(6)10-8;8-4-1-6(9)5(3-11)7(10)2-4;1-5(2,3)4;;;/h2-12H,13H2,1H3;1-7H,8H2;6-9H,1-5H3;3-4H,2H2,1H3;1-5H,(H,10,11);1-2,11H,3H2;1H3;3*1H4. The summed E-state index contributed by atoms with van der Waals surface area (Å²) in [4.78, 5) is 49.8. The second kappa shape index (κ2) is 39.0. The van der Waals surface area contributed by atoms with Gasteiger partial charge in [0.25, 0.3) is 16.7 Å². The number of aromatic amines is 1. The normalized spacial score (nSPS) is 12.4. The van der Waals surface area contributed by atoms with E-state index in [4.69, 9.17) is 14.4 Å². The molecule has 5 aromatic heterocycles. The Labute approximate surface area is 664 Å². The van der Waals surface area contributed by atoms with Crippen LogP contribution in [0, 0.1) is 46.5 Å². The third kappa shape index (κ3) is 23.0. The van der Waals surface area contributed by atoms with Gasteiger partial charge in [0.05, 0.1) is 99.9 Å². The van der Waals surface area contributed by atoms with Crippen molar-refractivity contribution in [3.05, 3.63) is 302 Å². The van der Waals surface area contributed by atoms with Gasteiger partial charge in [-0.2, -0.15) is 10.2 Å². The van der Waals surface area contributed by atoms with Crippen molar-refractivity contribution in [3.8, 4) is 11.1 Å². The van der Waals surface area contributed by atoms with Gasteiger partial charge in [-0.25, -0.2) is 58.5 Å². The highest BCUT2D eigenvalue weighted by atomic mass is 79.9. The predicted octanol–water partition coefficient (Wildman–Crippen LogP) is 18.2. The molecule has 15 rings (SSSR count). The van der Waals surface area contributed by atoms with Crippen molar-refractivity contribution in [2.24, 2.45) is 14.1 Å². The molecule has 0 bridgehead atoms. The summed E-state index contributed by atoms with van der Waals surface area (Å²) in [5.74, 6) is -5.26. The zero-order valence-corrected chi connectivity index (χ0v) is 64.9. The summed E-state index contributed by atoms with van der Waals surface area (Å²) in [6.45, 7) is 8.95. The molecule has 0 atom stereocenters. The van der Waals surface area contributed by atoms with Crippen molar-refractivity contribution in [1.29, 1.82) is 0 Å². The largest absolute Gasteiger partial charge is 0.495 e. The lowest BCUT2D eigenvalue weighted by molar-refractivity contribution is 0.00578. The van der Waals surface area contributed by atoms with Gasteiger partial charge in [-0.15, -0.1) is 0 Å². The molecule has 18 nitrogen and oxygen atoms in total. The summed E-state index contributed by atoms with van der Waals surface area (Å²) in [6, 6.07) is 42.6. The second-order valence-corrected chi connectivity index (χ2v) is 30.8. The molecule has 6 heterocycles. The second-order valence-electron chi connectivity index (χ2n) is 25.0. The molecule has 0 saturated carbocycles. The zero-order chi connectivity index (χ0) is 78.7. The summed E-state index contributed by atoms with van der Waals surface area (Å²) in [5.41, 5.74) is 5.58. The first-order chi connectivity index (χ1) is 51.0. The number of aryl methyl sites for hydroxylation is 2. The number of rotatable bonds is 8. The first-order valence-corrected chi connectivity index (χ1v) is 37.6. The Kier molecular flexibility index (Phi) is 31.8. The molecule has 32 heteroatoms. The van der Waals surface area contributed by atoms with Crippen molar-refractivity contribution in [1.82, 2.24) is 48.6 Å². The number of halogens is 12. The molecule has 0 spiro atoms. The Hall–Kier alpha value is -9.60. The van der Waals surface area contributed by atoms with Crippen molar-refractivity contribution in [3.63, 3.8) is 0 Å². The van der Waals surface area contributed by atoms with E-state index in [1.165, 1.54) is 51.7 Å². The molecule has 1 aliphatic heterocycles. The van der Waals surface area contributed by atoms with E-state index >= 15 is 8.78 Å². The van der Waals surface area contributed by atoms with Crippen LogP contribution in [0.4, 0.5) is 35.1 Å². The Bertz CT molecular complexity index is 5790. The lowest BCUT2D eigenvalue weighted by atomic mass is 9.77. The fourth-order valence-corrected chi connectivity index (χ4v) is 12.1. The van der Waals surface area contributed by atoms with E-state index in [0.717, 1.165) is 69.1 Å². The van der Waals surface area contributed by atoms with Crippen LogP contribution in [-0.4, -0.2) is 86.7 Å². The minimum Gasteiger partial charge on any atom is -0.399 e. The van der Waals surface area contributed by atoms with Gasteiger partial charge in [0.2, 0.25) is 9.05 Å². The van der Waals surface area contributed by atoms with Gasteiger partial charge in [0.15, 0.2) is 0 Å². The van der Waals surface area contributed by atoms with Gasteiger partial charge in [-0.1, -0.05) is 138 Å². The minimum absolute atomic E-state index is 0. The van der Waals surface area contributed by atoms with E-state index in [1.54, 1.807) is 79.3 Å². The Morgan fingerprint density at radius 1 is 0.505 bits per heavy atom. The van der Waals surface area contributed by atoms with Crippen LogP contribution in [0.1, 0.15) is 79.2 Å². The van der Waals surface area contributed by atoms with Crippen molar-refractivity contribution >= 4 is 135 Å². The van der Waals surface area contributed by atoms with Gasteiger partial charge in [-0.05, 0) is 148 Å². The minimum atomic E-state index is -3.19. The lowest BCUT2D eigenvalue weighted by Crippen LogP contribution is -2.41. The molecule has 0 unspecified atom stereocenters. The van der Waals surface area contributed by atoms with Crippen LogP contribution >= 0.6 is 58.5 Å². The molecule has 584 valence electrons. The molecular formula is C79H77BBr3ClF8N10O8S. The van der Waals surface area contributed by atoms with Gasteiger partial charge < -0.3 is 28.5 Å². The molecular weight excluding hydrogens is 1690 g/mol. The summed E-state index contributed by atoms with van der Waals surface area (Å²) in [6.07, 6.45) is 8.72. The SMILES string of the molecule is C.C.C.CCc1c(F)cc(Br)cc1F.CS(=O)(=O)Cl.Cn1cc2c(-c3cc(F)c(Cn4c(=O)cnc5ccccc54)c(F)c3)cccc2n1.Cn1cc2c(B3OC(C)(C)C(C)(C)O3)cccc2n1.O=c1cnc2ccccc2[nH]1.O=c1cnc2ccccc2n1Cc1c(F)cc(Br)cc1F.OCc1c(F)cc(Br)cc1F. The van der Waals surface area contributed by atoms with Crippen LogP contribution in [0.5, 0.6) is 0 Å². The number of hydrogen-bond acceptors (Lipinski definition) is 13. The molecule has 0 amide bonds. The van der Waals surface area contributed by atoms with Crippen LogP contribution in [0.3, 0.4) is 0 Å². The maximum atomic E-state index is 15.0.